The summed E-state index contributed by atoms with van der Waals surface area (Å²) in [4.78, 5) is 42.4. The predicted molar refractivity (Wildman–Crippen MR) is 111 cm³/mol. The van der Waals surface area contributed by atoms with Crippen molar-refractivity contribution in [2.24, 2.45) is 0 Å². The molecule has 0 bridgehead atoms. The van der Waals surface area contributed by atoms with E-state index < -0.39 is 0 Å². The molecule has 3 aromatic rings. The first kappa shape index (κ1) is 20.5. The van der Waals surface area contributed by atoms with Crippen LogP contribution in [0.25, 0.3) is 16.6 Å². The van der Waals surface area contributed by atoms with Gasteiger partial charge in [0.2, 0.25) is 11.8 Å². The number of imide groups is 1. The third kappa shape index (κ3) is 4.30. The molecule has 0 atom stereocenters. The normalized spacial score (nSPS) is 10.8. The van der Waals surface area contributed by atoms with E-state index in [9.17, 15) is 14.4 Å². The van der Waals surface area contributed by atoms with Crippen molar-refractivity contribution in [1.29, 1.82) is 0 Å². The first-order valence-electron chi connectivity index (χ1n) is 8.96. The third-order valence-electron chi connectivity index (χ3n) is 4.55. The maximum absolute atomic E-state index is 13.2. The Bertz CT molecular complexity index is 1130. The van der Waals surface area contributed by atoms with E-state index >= 15 is 0 Å². The Morgan fingerprint density at radius 3 is 2.34 bits per heavy atom. The monoisotopic (exact) mass is 413 g/mol. The molecular weight excluding hydrogens is 394 g/mol. The van der Waals surface area contributed by atoms with Gasteiger partial charge in [-0.05, 0) is 42.5 Å². The van der Waals surface area contributed by atoms with Crippen molar-refractivity contribution in [3.8, 4) is 11.4 Å². The molecule has 0 spiro atoms. The fourth-order valence-electron chi connectivity index (χ4n) is 3.12. The van der Waals surface area contributed by atoms with E-state index in [1.54, 1.807) is 49.6 Å². The average Bonchev–Trinajstić information content (AvgIpc) is 2.67. The summed E-state index contributed by atoms with van der Waals surface area (Å²) in [5.74, 6) is 0.352. The maximum atomic E-state index is 13.2. The van der Waals surface area contributed by atoms with Crippen molar-refractivity contribution in [2.75, 3.05) is 13.7 Å². The number of fused-ring (bicyclic) bond motifs is 1. The molecule has 8 heteroatoms. The molecule has 0 aliphatic rings. The molecule has 29 heavy (non-hydrogen) atoms. The van der Waals surface area contributed by atoms with Crippen molar-refractivity contribution >= 4 is 34.3 Å². The zero-order valence-electron chi connectivity index (χ0n) is 16.3. The van der Waals surface area contributed by atoms with Crippen LogP contribution in [0, 0.1) is 0 Å². The largest absolute Gasteiger partial charge is 0.497 e. The lowest BCUT2D eigenvalue weighted by Crippen LogP contribution is -2.36. The number of halogens is 1. The lowest BCUT2D eigenvalue weighted by Gasteiger charge is -2.19. The van der Waals surface area contributed by atoms with Crippen molar-refractivity contribution in [1.82, 2.24) is 14.5 Å². The van der Waals surface area contributed by atoms with Gasteiger partial charge in [-0.3, -0.25) is 23.9 Å². The lowest BCUT2D eigenvalue weighted by molar-refractivity contribution is -0.142. The molecule has 7 nitrogen and oxygen atoms in total. The molecule has 0 aliphatic carbocycles. The van der Waals surface area contributed by atoms with Gasteiger partial charge in [0.25, 0.3) is 5.56 Å². The molecule has 1 heterocycles. The Hall–Kier alpha value is -3.19. The maximum Gasteiger partial charge on any atom is 0.265 e. The van der Waals surface area contributed by atoms with Gasteiger partial charge in [0.05, 0.1) is 23.7 Å². The van der Waals surface area contributed by atoms with E-state index in [1.807, 2.05) is 0 Å². The van der Waals surface area contributed by atoms with E-state index in [-0.39, 0.29) is 30.3 Å². The molecule has 0 unspecified atom stereocenters. The van der Waals surface area contributed by atoms with Crippen LogP contribution in [0.15, 0.2) is 47.3 Å². The Labute approximate surface area is 172 Å². The first-order valence-corrected chi connectivity index (χ1v) is 9.34. The van der Waals surface area contributed by atoms with Crippen LogP contribution in [0.5, 0.6) is 5.75 Å². The van der Waals surface area contributed by atoms with Gasteiger partial charge < -0.3 is 4.74 Å². The highest BCUT2D eigenvalue weighted by molar-refractivity contribution is 6.31. The predicted octanol–water partition coefficient (Wildman–Crippen LogP) is 2.99. The summed E-state index contributed by atoms with van der Waals surface area (Å²) >= 11 is 6.06. The summed E-state index contributed by atoms with van der Waals surface area (Å²) in [5, 5.41) is 0.885. The van der Waals surface area contributed by atoms with Crippen LogP contribution in [0.4, 0.5) is 0 Å². The molecule has 0 saturated heterocycles. The molecule has 0 fully saturated rings. The summed E-state index contributed by atoms with van der Waals surface area (Å²) < 4.78 is 6.66. The smallest absolute Gasteiger partial charge is 0.265 e. The second-order valence-corrected chi connectivity index (χ2v) is 6.90. The van der Waals surface area contributed by atoms with E-state index in [2.05, 4.69) is 4.98 Å². The number of benzene rings is 2. The number of carbonyl (C=O) groups is 2. The molecule has 0 saturated carbocycles. The highest BCUT2D eigenvalue weighted by atomic mass is 35.5. The lowest BCUT2D eigenvalue weighted by atomic mass is 10.2. The number of ether oxygens (including phenoxy) is 1. The molecule has 150 valence electrons. The SMILES string of the molecule is COc1ccc(-n2c(CCN(C(C)=O)C(C)=O)nc3cc(Cl)ccc3c2=O)cc1. The van der Waals surface area contributed by atoms with Gasteiger partial charge in [-0.25, -0.2) is 4.98 Å². The summed E-state index contributed by atoms with van der Waals surface area (Å²) in [6, 6.07) is 11.9. The third-order valence-corrected chi connectivity index (χ3v) is 4.79. The van der Waals surface area contributed by atoms with E-state index in [0.29, 0.717) is 33.2 Å². The van der Waals surface area contributed by atoms with Gasteiger partial charge in [0.1, 0.15) is 11.6 Å². The van der Waals surface area contributed by atoms with Crippen LogP contribution in [-0.2, 0) is 16.0 Å². The minimum Gasteiger partial charge on any atom is -0.497 e. The average molecular weight is 414 g/mol. The highest BCUT2D eigenvalue weighted by Gasteiger charge is 2.18. The molecular formula is C21H20ClN3O4. The Morgan fingerprint density at radius 2 is 1.76 bits per heavy atom. The summed E-state index contributed by atoms with van der Waals surface area (Å²) in [6.07, 6.45) is 0.211. The number of hydrogen-bond donors (Lipinski definition) is 0. The van der Waals surface area contributed by atoms with Crippen molar-refractivity contribution in [3.63, 3.8) is 0 Å². The van der Waals surface area contributed by atoms with Crippen LogP contribution in [0.2, 0.25) is 5.02 Å². The zero-order valence-corrected chi connectivity index (χ0v) is 17.1. The fraction of sp³-hybridized carbons (Fsp3) is 0.238. The van der Waals surface area contributed by atoms with Crippen LogP contribution in [-0.4, -0.2) is 39.9 Å². The minimum absolute atomic E-state index is 0.110. The minimum atomic E-state index is -0.361. The van der Waals surface area contributed by atoms with Gasteiger partial charge in [0.15, 0.2) is 0 Å². The van der Waals surface area contributed by atoms with Crippen molar-refractivity contribution in [3.05, 3.63) is 63.7 Å². The number of methoxy groups -OCH3 is 1. The second kappa shape index (κ2) is 8.45. The van der Waals surface area contributed by atoms with E-state index in [1.165, 1.54) is 18.4 Å². The van der Waals surface area contributed by atoms with Crippen molar-refractivity contribution < 1.29 is 14.3 Å². The number of nitrogens with zero attached hydrogens (tertiary/aromatic N) is 3. The van der Waals surface area contributed by atoms with Gasteiger partial charge in [0, 0.05) is 31.8 Å². The fourth-order valence-corrected chi connectivity index (χ4v) is 3.28. The molecule has 1 aromatic heterocycles. The van der Waals surface area contributed by atoms with Gasteiger partial charge >= 0.3 is 0 Å². The Morgan fingerprint density at radius 1 is 1.10 bits per heavy atom. The number of hydrogen-bond acceptors (Lipinski definition) is 5. The Balaban J connectivity index is 2.15. The van der Waals surface area contributed by atoms with Gasteiger partial charge in [-0.1, -0.05) is 11.6 Å². The molecule has 0 aliphatic heterocycles. The van der Waals surface area contributed by atoms with Crippen LogP contribution < -0.4 is 10.3 Å². The molecule has 2 amide bonds. The first-order chi connectivity index (χ1) is 13.8. The quantitative estimate of drug-likeness (QED) is 0.642. The number of amides is 2. The molecule has 3 rings (SSSR count). The van der Waals surface area contributed by atoms with Gasteiger partial charge in [-0.2, -0.15) is 0 Å². The topological polar surface area (TPSA) is 81.5 Å². The summed E-state index contributed by atoms with van der Waals surface area (Å²) in [7, 11) is 1.56. The number of rotatable bonds is 5. The Kier molecular flexibility index (Phi) is 5.98. The van der Waals surface area contributed by atoms with Crippen LogP contribution >= 0.6 is 11.6 Å². The molecule has 2 aromatic carbocycles. The molecule has 0 radical (unpaired) electrons. The zero-order chi connectivity index (χ0) is 21.1. The molecule has 0 N–H and O–H groups in total. The van der Waals surface area contributed by atoms with E-state index in [4.69, 9.17) is 16.3 Å². The standard InChI is InChI=1S/C21H20ClN3O4/c1-13(26)24(14(2)27)11-10-20-23-19-12-15(22)4-9-18(19)21(28)25(20)16-5-7-17(29-3)8-6-16/h4-9,12H,10-11H2,1-3H3. The highest BCUT2D eigenvalue weighted by Crippen LogP contribution is 2.19. The van der Waals surface area contributed by atoms with E-state index in [0.717, 1.165) is 4.90 Å². The number of aromatic nitrogens is 2. The summed E-state index contributed by atoms with van der Waals surface area (Å²) in [5.41, 5.74) is 0.802. The van der Waals surface area contributed by atoms with Gasteiger partial charge in [-0.15, -0.1) is 0 Å². The second-order valence-electron chi connectivity index (χ2n) is 6.47. The van der Waals surface area contributed by atoms with Crippen LogP contribution in [0.1, 0.15) is 19.7 Å². The number of carbonyl (C=O) groups excluding carboxylic acids is 2. The summed E-state index contributed by atoms with van der Waals surface area (Å²) in [6.45, 7) is 2.76. The van der Waals surface area contributed by atoms with Crippen LogP contribution in [0.3, 0.4) is 0 Å². The van der Waals surface area contributed by atoms with Crippen molar-refractivity contribution in [2.45, 2.75) is 20.3 Å².